The Kier molecular flexibility index (Phi) is 70.0. The highest BCUT2D eigenvalue weighted by atomic mass is 16.6. The van der Waals surface area contributed by atoms with Gasteiger partial charge in [-0.05, 0) is 77.0 Å². The minimum absolute atomic E-state index is 0.0719. The van der Waals surface area contributed by atoms with E-state index in [1.54, 1.807) is 0 Å². The van der Waals surface area contributed by atoms with Crippen molar-refractivity contribution in [3.8, 4) is 0 Å². The van der Waals surface area contributed by atoms with Gasteiger partial charge in [0, 0.05) is 19.3 Å². The number of rotatable bonds is 70. The van der Waals surface area contributed by atoms with Crippen LogP contribution in [0.25, 0.3) is 0 Å². The molecule has 0 bridgehead atoms. The Morgan fingerprint density at radius 2 is 0.434 bits per heavy atom. The summed E-state index contributed by atoms with van der Waals surface area (Å²) < 4.78 is 17.0. The fourth-order valence-electron chi connectivity index (χ4n) is 11.5. The molecule has 0 amide bonds. The average Bonchev–Trinajstić information content (AvgIpc) is 3.49. The topological polar surface area (TPSA) is 78.9 Å². The van der Waals surface area contributed by atoms with Gasteiger partial charge in [-0.3, -0.25) is 14.4 Å². The van der Waals surface area contributed by atoms with Crippen molar-refractivity contribution in [3.05, 3.63) is 36.5 Å². The third kappa shape index (κ3) is 70.3. The fourth-order valence-corrected chi connectivity index (χ4v) is 11.5. The van der Waals surface area contributed by atoms with E-state index in [1.807, 2.05) is 0 Å². The van der Waals surface area contributed by atoms with Gasteiger partial charge in [0.1, 0.15) is 13.2 Å². The highest BCUT2D eigenvalue weighted by Gasteiger charge is 2.20. The lowest BCUT2D eigenvalue weighted by molar-refractivity contribution is -0.167. The van der Waals surface area contributed by atoms with Gasteiger partial charge in [-0.2, -0.15) is 0 Å². The lowest BCUT2D eigenvalue weighted by Crippen LogP contribution is -2.30. The second kappa shape index (κ2) is 72.1. The van der Waals surface area contributed by atoms with Crippen molar-refractivity contribution in [2.75, 3.05) is 13.2 Å². The molecule has 0 spiro atoms. The zero-order chi connectivity index (χ0) is 59.9. The van der Waals surface area contributed by atoms with E-state index in [0.29, 0.717) is 19.3 Å². The SMILES string of the molecule is CCCCCC/C=C\C/C=C\CCCCCCCC(=O)OCC(COC(=O)CCCCCCCCCCCCCCCCCCCCCCCCCCCC)OC(=O)CCCCCCCCCCCCC/C=C\CCCCCCCCCC. The minimum atomic E-state index is -0.778. The van der Waals surface area contributed by atoms with Gasteiger partial charge in [-0.15, -0.1) is 0 Å². The maximum absolute atomic E-state index is 13.0. The number of unbranched alkanes of at least 4 members (excludes halogenated alkanes) is 53. The normalized spacial score (nSPS) is 12.2. The maximum Gasteiger partial charge on any atom is 0.306 e. The third-order valence-electron chi connectivity index (χ3n) is 17.1. The molecule has 1 atom stereocenters. The van der Waals surface area contributed by atoms with Crippen LogP contribution in [-0.2, 0) is 28.6 Å². The molecule has 0 N–H and O–H groups in total. The monoisotopic (exact) mass is 1170 g/mol. The molecule has 6 nitrogen and oxygen atoms in total. The molecule has 0 radical (unpaired) electrons. The number of hydrogen-bond acceptors (Lipinski definition) is 6. The molecule has 0 aromatic heterocycles. The van der Waals surface area contributed by atoms with Crippen molar-refractivity contribution in [1.29, 1.82) is 0 Å². The van der Waals surface area contributed by atoms with Crippen molar-refractivity contribution < 1.29 is 28.6 Å². The van der Waals surface area contributed by atoms with Gasteiger partial charge in [0.05, 0.1) is 0 Å². The predicted octanol–water partition coefficient (Wildman–Crippen LogP) is 25.9. The van der Waals surface area contributed by atoms with E-state index in [-0.39, 0.29) is 31.1 Å². The molecule has 0 aliphatic rings. The lowest BCUT2D eigenvalue weighted by atomic mass is 10.0. The standard InChI is InChI=1S/C77H144O6/c1-4-7-10-13-16-19-22-25-28-31-33-35-37-38-39-41-42-44-46-49-52-55-58-61-64-67-70-76(79)82-73-74(72-81-75(78)69-66-63-60-57-54-51-48-30-27-24-21-18-15-12-9-6-3)83-77(80)71-68-65-62-59-56-53-50-47-45-43-40-36-34-32-29-26-23-20-17-14-11-8-5-2/h21,24,30,32,34,48,74H,4-20,22-23,25-29,31,33,35-47,49-73H2,1-3H3/b24-21-,34-32-,48-30-. The van der Waals surface area contributed by atoms with Crippen molar-refractivity contribution in [1.82, 2.24) is 0 Å². The van der Waals surface area contributed by atoms with E-state index < -0.39 is 6.10 Å². The van der Waals surface area contributed by atoms with Gasteiger partial charge < -0.3 is 14.2 Å². The van der Waals surface area contributed by atoms with E-state index in [9.17, 15) is 14.4 Å². The molecule has 1 unspecified atom stereocenters. The molecule has 0 saturated heterocycles. The summed E-state index contributed by atoms with van der Waals surface area (Å²) >= 11 is 0. The minimum Gasteiger partial charge on any atom is -0.462 e. The van der Waals surface area contributed by atoms with Crippen LogP contribution in [0.5, 0.6) is 0 Å². The van der Waals surface area contributed by atoms with E-state index in [4.69, 9.17) is 14.2 Å². The quantitative estimate of drug-likeness (QED) is 0.0261. The van der Waals surface area contributed by atoms with Crippen LogP contribution in [-0.4, -0.2) is 37.2 Å². The Morgan fingerprint density at radius 1 is 0.241 bits per heavy atom. The summed E-state index contributed by atoms with van der Waals surface area (Å²) in [6.45, 7) is 6.70. The Hall–Kier alpha value is -2.37. The first-order chi connectivity index (χ1) is 41.0. The van der Waals surface area contributed by atoms with Gasteiger partial charge in [-0.1, -0.05) is 359 Å². The number of ether oxygens (including phenoxy) is 3. The van der Waals surface area contributed by atoms with Crippen molar-refractivity contribution in [2.24, 2.45) is 0 Å². The highest BCUT2D eigenvalue weighted by Crippen LogP contribution is 2.19. The van der Waals surface area contributed by atoms with Crippen molar-refractivity contribution in [2.45, 2.75) is 425 Å². The van der Waals surface area contributed by atoms with Gasteiger partial charge >= 0.3 is 17.9 Å². The number of esters is 3. The van der Waals surface area contributed by atoms with Crippen molar-refractivity contribution >= 4 is 17.9 Å². The van der Waals surface area contributed by atoms with Crippen LogP contribution in [0, 0.1) is 0 Å². The lowest BCUT2D eigenvalue weighted by Gasteiger charge is -2.18. The van der Waals surface area contributed by atoms with Gasteiger partial charge in [0.15, 0.2) is 6.10 Å². The van der Waals surface area contributed by atoms with Crippen LogP contribution in [0.15, 0.2) is 36.5 Å². The number of hydrogen-bond donors (Lipinski definition) is 0. The van der Waals surface area contributed by atoms with Gasteiger partial charge in [-0.25, -0.2) is 0 Å². The number of allylic oxidation sites excluding steroid dienone is 6. The molecule has 488 valence electrons. The average molecular weight is 1170 g/mol. The molecule has 0 saturated carbocycles. The Balaban J connectivity index is 4.26. The molecule has 0 aliphatic carbocycles. The first kappa shape index (κ1) is 80.6. The molecule has 0 heterocycles. The largest absolute Gasteiger partial charge is 0.462 e. The molecule has 0 aromatic carbocycles. The molecule has 0 rings (SSSR count). The van der Waals surface area contributed by atoms with Crippen LogP contribution in [0.2, 0.25) is 0 Å². The van der Waals surface area contributed by atoms with Crippen LogP contribution in [0.1, 0.15) is 419 Å². The third-order valence-corrected chi connectivity index (χ3v) is 17.1. The summed E-state index contributed by atoms with van der Waals surface area (Å²) in [5, 5.41) is 0. The molecular weight excluding hydrogens is 1020 g/mol. The summed E-state index contributed by atoms with van der Waals surface area (Å²) in [6.07, 6.45) is 90.4. The van der Waals surface area contributed by atoms with E-state index >= 15 is 0 Å². The first-order valence-corrected chi connectivity index (χ1v) is 37.5. The van der Waals surface area contributed by atoms with Crippen LogP contribution in [0.4, 0.5) is 0 Å². The molecule has 0 aliphatic heterocycles. The molecule has 83 heavy (non-hydrogen) atoms. The molecular formula is C77H144O6. The van der Waals surface area contributed by atoms with Crippen LogP contribution < -0.4 is 0 Å². The zero-order valence-electron chi connectivity index (χ0n) is 56.2. The molecule has 0 fully saturated rings. The second-order valence-corrected chi connectivity index (χ2v) is 25.6. The molecule has 6 heteroatoms. The second-order valence-electron chi connectivity index (χ2n) is 25.6. The van der Waals surface area contributed by atoms with E-state index in [1.165, 1.54) is 302 Å². The summed E-state index contributed by atoms with van der Waals surface area (Å²) in [6, 6.07) is 0. The highest BCUT2D eigenvalue weighted by molar-refractivity contribution is 5.71. The van der Waals surface area contributed by atoms with E-state index in [2.05, 4.69) is 57.2 Å². The summed E-state index contributed by atoms with van der Waals surface area (Å²) in [4.78, 5) is 38.5. The first-order valence-electron chi connectivity index (χ1n) is 37.5. The van der Waals surface area contributed by atoms with Crippen LogP contribution >= 0.6 is 0 Å². The Bertz CT molecular complexity index is 1380. The zero-order valence-corrected chi connectivity index (χ0v) is 56.2. The molecule has 0 aromatic rings. The Morgan fingerprint density at radius 3 is 0.687 bits per heavy atom. The number of carbonyl (C=O) groups is 3. The number of carbonyl (C=O) groups excluding carboxylic acids is 3. The van der Waals surface area contributed by atoms with E-state index in [0.717, 1.165) is 77.0 Å². The van der Waals surface area contributed by atoms with Crippen molar-refractivity contribution in [3.63, 3.8) is 0 Å². The summed E-state index contributed by atoms with van der Waals surface area (Å²) in [5.41, 5.74) is 0. The summed E-state index contributed by atoms with van der Waals surface area (Å²) in [5.74, 6) is -0.855. The Labute approximate surface area is 518 Å². The summed E-state index contributed by atoms with van der Waals surface area (Å²) in [7, 11) is 0. The van der Waals surface area contributed by atoms with Gasteiger partial charge in [0.2, 0.25) is 0 Å². The van der Waals surface area contributed by atoms with Gasteiger partial charge in [0.25, 0.3) is 0 Å². The van der Waals surface area contributed by atoms with Crippen LogP contribution in [0.3, 0.4) is 0 Å². The predicted molar refractivity (Wildman–Crippen MR) is 362 cm³/mol. The fraction of sp³-hybridized carbons (Fsp3) is 0.883. The maximum atomic E-state index is 13.0. The smallest absolute Gasteiger partial charge is 0.306 e.